The number of rotatable bonds is 3. The zero-order chi connectivity index (χ0) is 10.9. The van der Waals surface area contributed by atoms with Crippen LogP contribution in [0, 0.1) is 5.41 Å². The number of aliphatic hydroxyl groups is 2. The first kappa shape index (κ1) is 15.0. The number of hydrogen-bond donors (Lipinski definition) is 3. The summed E-state index contributed by atoms with van der Waals surface area (Å²) in [6, 6.07) is 0. The topological polar surface area (TPSA) is 66.8 Å². The lowest BCUT2D eigenvalue weighted by Gasteiger charge is -2.16. The number of carbonyl (C=O) groups excluding carboxylic acids is 1. The predicted octanol–water partition coefficient (Wildman–Crippen LogP) is 0.558. The van der Waals surface area contributed by atoms with Crippen LogP contribution in [-0.2, 0) is 8.98 Å². The van der Waals surface area contributed by atoms with E-state index in [1.807, 2.05) is 0 Å². The Hall–Kier alpha value is -0.520. The van der Waals surface area contributed by atoms with Crippen LogP contribution in [0.25, 0.3) is 0 Å². The third-order valence-corrected chi connectivity index (χ3v) is 1.29. The summed E-state index contributed by atoms with van der Waals surface area (Å²) < 4.78 is 3.84. The maximum absolute atomic E-state index is 9.76. The molecule has 0 heterocycles. The lowest BCUT2D eigenvalue weighted by molar-refractivity contribution is -0.127. The Balaban J connectivity index is 0. The van der Waals surface area contributed by atoms with Crippen molar-refractivity contribution in [3.05, 3.63) is 12.7 Å². The largest absolute Gasteiger partial charge is 0.396 e. The minimum absolute atomic E-state index is 0.0451. The van der Waals surface area contributed by atoms with Gasteiger partial charge in [-0.2, -0.15) is 0 Å². The van der Waals surface area contributed by atoms with E-state index < -0.39 is 5.97 Å². The third-order valence-electron chi connectivity index (χ3n) is 1.11. The second-order valence-corrected chi connectivity index (χ2v) is 3.28. The molecule has 78 valence electrons. The maximum Gasteiger partial charge on any atom is 0.341 e. The van der Waals surface area contributed by atoms with E-state index in [1.54, 1.807) is 13.8 Å². The summed E-state index contributed by atoms with van der Waals surface area (Å²) in [6.07, 6.45) is 1.03. The van der Waals surface area contributed by atoms with Crippen molar-refractivity contribution in [2.24, 2.45) is 5.41 Å². The molecule has 0 fully saturated rings. The average Bonchev–Trinajstić information content (AvgIpc) is 2.17. The van der Waals surface area contributed by atoms with E-state index in [-0.39, 0.29) is 18.6 Å². The van der Waals surface area contributed by atoms with Gasteiger partial charge in [0.1, 0.15) is 0 Å². The van der Waals surface area contributed by atoms with Crippen molar-refractivity contribution in [1.82, 2.24) is 0 Å². The van der Waals surface area contributed by atoms with Crippen LogP contribution >= 0.6 is 12.9 Å². The fraction of sp³-hybridized carbons (Fsp3) is 0.625. The molecule has 0 aromatic heterocycles. The van der Waals surface area contributed by atoms with Gasteiger partial charge in [-0.15, -0.1) is 0 Å². The highest BCUT2D eigenvalue weighted by molar-refractivity contribution is 7.75. The summed E-state index contributed by atoms with van der Waals surface area (Å²) in [7, 11) is 0. The molecule has 0 aliphatic rings. The van der Waals surface area contributed by atoms with Crippen LogP contribution in [0.5, 0.6) is 0 Å². The highest BCUT2D eigenvalue weighted by atomic mass is 32.1. The van der Waals surface area contributed by atoms with Crippen molar-refractivity contribution < 1.29 is 19.2 Å². The van der Waals surface area contributed by atoms with Crippen molar-refractivity contribution >= 4 is 18.9 Å². The molecule has 0 saturated carbocycles. The van der Waals surface area contributed by atoms with E-state index in [2.05, 4.69) is 23.7 Å². The summed E-state index contributed by atoms with van der Waals surface area (Å²) in [5.74, 6) is -0.529. The van der Waals surface area contributed by atoms with Gasteiger partial charge < -0.3 is 14.4 Å². The fourth-order valence-electron chi connectivity index (χ4n) is 0.0873. The van der Waals surface area contributed by atoms with E-state index >= 15 is 0 Å². The standard InChI is InChI=1S/C5H12O2.C3H4O2S/c1-5(2,3-6)4-7;1-2-3(4)5-6/h6-7H,3-4H2,1-2H3;2,6H,1H2. The second kappa shape index (κ2) is 8.10. The average molecular weight is 208 g/mol. The van der Waals surface area contributed by atoms with Crippen molar-refractivity contribution in [2.45, 2.75) is 13.8 Å². The van der Waals surface area contributed by atoms with Crippen LogP contribution in [-0.4, -0.2) is 29.4 Å². The summed E-state index contributed by atoms with van der Waals surface area (Å²) >= 11 is 3.17. The van der Waals surface area contributed by atoms with Gasteiger partial charge in [0.25, 0.3) is 0 Å². The van der Waals surface area contributed by atoms with Crippen molar-refractivity contribution in [1.29, 1.82) is 0 Å². The Morgan fingerprint density at radius 2 is 1.92 bits per heavy atom. The van der Waals surface area contributed by atoms with Crippen molar-refractivity contribution in [3.8, 4) is 0 Å². The Kier molecular flexibility index (Phi) is 9.33. The molecule has 0 unspecified atom stereocenters. The van der Waals surface area contributed by atoms with E-state index in [9.17, 15) is 4.79 Å². The quantitative estimate of drug-likeness (QED) is 0.360. The molecule has 13 heavy (non-hydrogen) atoms. The van der Waals surface area contributed by atoms with Gasteiger partial charge in [0.05, 0.1) is 13.2 Å². The minimum atomic E-state index is -0.529. The zero-order valence-electron chi connectivity index (χ0n) is 7.86. The van der Waals surface area contributed by atoms with Gasteiger partial charge in [0.15, 0.2) is 0 Å². The lowest BCUT2D eigenvalue weighted by Crippen LogP contribution is -2.20. The Morgan fingerprint density at radius 1 is 1.54 bits per heavy atom. The summed E-state index contributed by atoms with van der Waals surface area (Å²) in [6.45, 7) is 6.80. The summed E-state index contributed by atoms with van der Waals surface area (Å²) in [5, 5.41) is 16.9. The minimum Gasteiger partial charge on any atom is -0.396 e. The van der Waals surface area contributed by atoms with E-state index in [4.69, 9.17) is 10.2 Å². The number of aliphatic hydroxyl groups excluding tert-OH is 2. The summed E-state index contributed by atoms with van der Waals surface area (Å²) in [5.41, 5.74) is -0.306. The smallest absolute Gasteiger partial charge is 0.341 e. The predicted molar refractivity (Wildman–Crippen MR) is 53.2 cm³/mol. The molecule has 0 atom stereocenters. The van der Waals surface area contributed by atoms with Gasteiger partial charge in [-0.3, -0.25) is 0 Å². The second-order valence-electron chi connectivity index (χ2n) is 3.09. The first-order valence-electron chi connectivity index (χ1n) is 3.63. The molecule has 0 radical (unpaired) electrons. The number of hydrogen-bond acceptors (Lipinski definition) is 5. The molecule has 0 aliphatic heterocycles. The van der Waals surface area contributed by atoms with E-state index in [1.165, 1.54) is 0 Å². The van der Waals surface area contributed by atoms with Crippen molar-refractivity contribution in [3.63, 3.8) is 0 Å². The Bertz CT molecular complexity index is 150. The first-order chi connectivity index (χ1) is 5.93. The zero-order valence-corrected chi connectivity index (χ0v) is 8.75. The maximum atomic E-state index is 9.76. The van der Waals surface area contributed by atoms with Crippen LogP contribution in [0.4, 0.5) is 0 Å². The molecular weight excluding hydrogens is 192 g/mol. The molecule has 2 N–H and O–H groups in total. The number of thiol groups is 1. The molecule has 0 amide bonds. The van der Waals surface area contributed by atoms with Gasteiger partial charge in [-0.05, 0) is 0 Å². The molecular formula is C8H16O4S. The highest BCUT2D eigenvalue weighted by Crippen LogP contribution is 2.10. The van der Waals surface area contributed by atoms with Gasteiger partial charge in [-0.25, -0.2) is 4.79 Å². The van der Waals surface area contributed by atoms with E-state index in [0.29, 0.717) is 0 Å². The molecule has 0 aromatic rings. The molecule has 0 aromatic carbocycles. The van der Waals surface area contributed by atoms with Crippen LogP contribution in [0.3, 0.4) is 0 Å². The van der Waals surface area contributed by atoms with Crippen molar-refractivity contribution in [2.75, 3.05) is 13.2 Å². The first-order valence-corrected chi connectivity index (χ1v) is 3.99. The summed E-state index contributed by atoms with van der Waals surface area (Å²) in [4.78, 5) is 9.76. The molecule has 0 bridgehead atoms. The van der Waals surface area contributed by atoms with Crippen LogP contribution < -0.4 is 0 Å². The molecule has 0 spiro atoms. The van der Waals surface area contributed by atoms with Crippen LogP contribution in [0.2, 0.25) is 0 Å². The SMILES string of the molecule is C=CC(=O)OS.CC(C)(CO)CO. The molecule has 0 saturated heterocycles. The molecule has 4 nitrogen and oxygen atoms in total. The van der Waals surface area contributed by atoms with Gasteiger partial charge in [0.2, 0.25) is 0 Å². The van der Waals surface area contributed by atoms with E-state index in [0.717, 1.165) is 6.08 Å². The van der Waals surface area contributed by atoms with Gasteiger partial charge in [-0.1, -0.05) is 20.4 Å². The van der Waals surface area contributed by atoms with Gasteiger partial charge >= 0.3 is 5.97 Å². The molecule has 5 heteroatoms. The molecule has 0 rings (SSSR count). The fourth-order valence-corrected chi connectivity index (χ4v) is 0.162. The molecule has 0 aliphatic carbocycles. The third kappa shape index (κ3) is 11.5. The van der Waals surface area contributed by atoms with Crippen LogP contribution in [0.15, 0.2) is 12.7 Å². The highest BCUT2D eigenvalue weighted by Gasteiger charge is 2.13. The Morgan fingerprint density at radius 3 is 1.92 bits per heavy atom. The van der Waals surface area contributed by atoms with Crippen LogP contribution in [0.1, 0.15) is 13.8 Å². The lowest BCUT2D eigenvalue weighted by atomic mass is 9.97. The normalized spacial score (nSPS) is 9.62. The Labute approximate surface area is 83.8 Å². The number of carbonyl (C=O) groups is 1. The monoisotopic (exact) mass is 208 g/mol. The van der Waals surface area contributed by atoms with Gasteiger partial charge in [0, 0.05) is 24.4 Å².